The van der Waals surface area contributed by atoms with Crippen LogP contribution in [-0.4, -0.2) is 97.4 Å². The lowest BCUT2D eigenvalue weighted by Gasteiger charge is -2.24. The highest BCUT2D eigenvalue weighted by Gasteiger charge is 2.43. The Morgan fingerprint density at radius 2 is 1.38 bits per heavy atom. The maximum Gasteiger partial charge on any atom is 0.326 e. The number of rotatable bonds is 9. The predicted molar refractivity (Wildman–Crippen MR) is 126 cm³/mol. The molecule has 4 rings (SSSR count). The van der Waals surface area contributed by atoms with Gasteiger partial charge in [-0.05, 0) is 25.0 Å². The second-order valence-electron chi connectivity index (χ2n) is 9.93. The second-order valence-corrected chi connectivity index (χ2v) is 9.93. The Kier molecular flexibility index (Phi) is 7.50. The lowest BCUT2D eigenvalue weighted by atomic mass is 10.1. The number of carboxylic acid groups (broad SMARTS) is 2. The van der Waals surface area contributed by atoms with Gasteiger partial charge in [-0.3, -0.25) is 19.2 Å². The van der Waals surface area contributed by atoms with Crippen LogP contribution >= 0.6 is 0 Å². The minimum absolute atomic E-state index is 0.0170. The van der Waals surface area contributed by atoms with E-state index in [-0.39, 0.29) is 56.5 Å². The van der Waals surface area contributed by atoms with Crippen LogP contribution in [0.2, 0.25) is 0 Å². The molecule has 4 atom stereocenters. The number of nitrogens with zero attached hydrogens (tertiary/aromatic N) is 3. The molecule has 1 saturated carbocycles. The summed E-state index contributed by atoms with van der Waals surface area (Å²) in [5, 5.41) is 24.7. The maximum atomic E-state index is 12.9. The van der Waals surface area contributed by atoms with E-state index < -0.39 is 47.9 Å². The van der Waals surface area contributed by atoms with Crippen molar-refractivity contribution in [1.29, 1.82) is 0 Å². The van der Waals surface area contributed by atoms with Crippen LogP contribution < -0.4 is 10.6 Å². The first-order valence-electron chi connectivity index (χ1n) is 12.3. The van der Waals surface area contributed by atoms with E-state index in [9.17, 15) is 39.0 Å². The zero-order valence-electron chi connectivity index (χ0n) is 20.5. The Hall–Kier alpha value is -3.90. The molecule has 2 aliphatic heterocycles. The minimum Gasteiger partial charge on any atom is -0.480 e. The van der Waals surface area contributed by atoms with E-state index in [0.717, 1.165) is 22.6 Å². The Morgan fingerprint density at radius 3 is 1.81 bits per heavy atom. The Morgan fingerprint density at radius 1 is 0.865 bits per heavy atom. The topological polar surface area (TPSA) is 178 Å². The van der Waals surface area contributed by atoms with Crippen molar-refractivity contribution in [2.24, 2.45) is 13.0 Å². The van der Waals surface area contributed by atoms with Crippen LogP contribution in [-0.2, 0) is 31.0 Å². The molecule has 3 fully saturated rings. The summed E-state index contributed by atoms with van der Waals surface area (Å²) in [6, 6.07) is 0.0173. The summed E-state index contributed by atoms with van der Waals surface area (Å²) in [5.74, 6) is -4.09. The molecule has 4 amide bonds. The van der Waals surface area contributed by atoms with Gasteiger partial charge in [0, 0.05) is 70.0 Å². The molecule has 1 aliphatic carbocycles. The van der Waals surface area contributed by atoms with Crippen LogP contribution in [0.4, 0.5) is 0 Å². The lowest BCUT2D eigenvalue weighted by molar-refractivity contribution is -0.150. The Bertz CT molecular complexity index is 1110. The fourth-order valence-corrected chi connectivity index (χ4v) is 5.02. The van der Waals surface area contributed by atoms with Crippen molar-refractivity contribution in [1.82, 2.24) is 25.0 Å². The molecule has 13 heteroatoms. The molecule has 200 valence electrons. The van der Waals surface area contributed by atoms with Crippen LogP contribution in [0.1, 0.15) is 49.0 Å². The van der Waals surface area contributed by atoms with Crippen LogP contribution in [0, 0.1) is 5.92 Å². The summed E-state index contributed by atoms with van der Waals surface area (Å²) in [6.07, 6.45) is 2.82. The summed E-state index contributed by atoms with van der Waals surface area (Å²) >= 11 is 0. The van der Waals surface area contributed by atoms with Crippen LogP contribution in [0.25, 0.3) is 0 Å². The van der Waals surface area contributed by atoms with E-state index in [2.05, 4.69) is 10.6 Å². The van der Waals surface area contributed by atoms with E-state index >= 15 is 0 Å². The average Bonchev–Trinajstić information content (AvgIpc) is 3.24. The van der Waals surface area contributed by atoms with Crippen molar-refractivity contribution in [2.75, 3.05) is 13.1 Å². The van der Waals surface area contributed by atoms with Gasteiger partial charge in [0.1, 0.15) is 17.8 Å². The molecule has 0 bridgehead atoms. The highest BCUT2D eigenvalue weighted by molar-refractivity contribution is 5.93. The number of aromatic nitrogens is 1. The number of carbonyl (C=O) groups is 6. The van der Waals surface area contributed by atoms with Gasteiger partial charge in [-0.25, -0.2) is 9.59 Å². The third-order valence-corrected chi connectivity index (χ3v) is 7.17. The average molecular weight is 518 g/mol. The van der Waals surface area contributed by atoms with E-state index in [1.807, 2.05) is 0 Å². The normalized spacial score (nSPS) is 25.1. The SMILES string of the molecule is Cn1cccc1C(=O)NC1CC(C(=O)O)N(C(=O)CCC(=O)N2CC(NC(=O)C3CC3)CC2C(=O)O)C1. The Labute approximate surface area is 212 Å². The summed E-state index contributed by atoms with van der Waals surface area (Å²) < 4.78 is 1.62. The summed E-state index contributed by atoms with van der Waals surface area (Å²) in [7, 11) is 1.70. The van der Waals surface area contributed by atoms with E-state index in [0.29, 0.717) is 5.69 Å². The fourth-order valence-electron chi connectivity index (χ4n) is 5.02. The number of aliphatic carboxylic acids is 2. The van der Waals surface area contributed by atoms with Gasteiger partial charge in [0.25, 0.3) is 5.91 Å². The molecule has 13 nitrogen and oxygen atoms in total. The van der Waals surface area contributed by atoms with Crippen LogP contribution in [0.15, 0.2) is 18.3 Å². The largest absolute Gasteiger partial charge is 0.480 e. The minimum atomic E-state index is -1.21. The molecule has 1 aromatic heterocycles. The van der Waals surface area contributed by atoms with Crippen LogP contribution in [0.3, 0.4) is 0 Å². The Balaban J connectivity index is 1.32. The molecule has 1 aromatic rings. The molecule has 3 heterocycles. The first-order chi connectivity index (χ1) is 17.5. The molecule has 3 aliphatic rings. The zero-order valence-corrected chi connectivity index (χ0v) is 20.5. The van der Waals surface area contributed by atoms with E-state index in [4.69, 9.17) is 0 Å². The molecule has 4 N–H and O–H groups in total. The number of nitrogens with one attached hydrogen (secondary N) is 2. The second kappa shape index (κ2) is 10.6. The van der Waals surface area contributed by atoms with Gasteiger partial charge in [-0.2, -0.15) is 0 Å². The molecular weight excluding hydrogens is 486 g/mol. The molecule has 37 heavy (non-hydrogen) atoms. The highest BCUT2D eigenvalue weighted by Crippen LogP contribution is 2.30. The number of carbonyl (C=O) groups excluding carboxylic acids is 4. The van der Waals surface area contributed by atoms with Gasteiger partial charge in [-0.15, -0.1) is 0 Å². The standard InChI is InChI=1S/C24H31N5O8/c1-27-8-2-3-16(27)22(33)26-15-10-18(24(36)37)29(12-15)20(31)7-6-19(30)28-11-14(9-17(28)23(34)35)25-21(32)13-4-5-13/h2-3,8,13-15,17-18H,4-7,9-12H2,1H3,(H,25,32)(H,26,33)(H,34,35)(H,36,37). The van der Waals surface area contributed by atoms with Crippen molar-refractivity contribution in [3.05, 3.63) is 24.0 Å². The van der Waals surface area contributed by atoms with Gasteiger partial charge >= 0.3 is 11.9 Å². The number of aryl methyl sites for hydroxylation is 1. The maximum absolute atomic E-state index is 12.9. The van der Waals surface area contributed by atoms with Gasteiger partial charge < -0.3 is 35.2 Å². The summed E-state index contributed by atoms with van der Waals surface area (Å²) in [6.45, 7) is 0.0219. The fraction of sp³-hybridized carbons (Fsp3) is 0.583. The monoisotopic (exact) mass is 517 g/mol. The molecule has 4 unspecified atom stereocenters. The summed E-state index contributed by atoms with van der Waals surface area (Å²) in [4.78, 5) is 76.1. The molecule has 2 saturated heterocycles. The van der Waals surface area contributed by atoms with Crippen molar-refractivity contribution in [3.8, 4) is 0 Å². The third-order valence-electron chi connectivity index (χ3n) is 7.17. The number of carboxylic acids is 2. The molecular formula is C24H31N5O8. The van der Waals surface area contributed by atoms with E-state index in [1.54, 1.807) is 29.9 Å². The number of hydrogen-bond donors (Lipinski definition) is 4. The molecule has 0 aromatic carbocycles. The van der Waals surface area contributed by atoms with Crippen molar-refractivity contribution in [3.63, 3.8) is 0 Å². The third kappa shape index (κ3) is 5.92. The smallest absolute Gasteiger partial charge is 0.326 e. The molecule has 0 spiro atoms. The predicted octanol–water partition coefficient (Wildman–Crippen LogP) is -0.830. The quantitative estimate of drug-likeness (QED) is 0.328. The first kappa shape index (κ1) is 26.2. The summed E-state index contributed by atoms with van der Waals surface area (Å²) in [5.41, 5.74) is 0.396. The van der Waals surface area contributed by atoms with Crippen molar-refractivity contribution >= 4 is 35.6 Å². The first-order valence-corrected chi connectivity index (χ1v) is 12.3. The van der Waals surface area contributed by atoms with Gasteiger partial charge in [0.2, 0.25) is 17.7 Å². The van der Waals surface area contributed by atoms with Gasteiger partial charge in [0.05, 0.1) is 0 Å². The number of hydrogen-bond acceptors (Lipinski definition) is 6. The van der Waals surface area contributed by atoms with Crippen molar-refractivity contribution < 1.29 is 39.0 Å². The van der Waals surface area contributed by atoms with Crippen molar-refractivity contribution in [2.45, 2.75) is 62.7 Å². The van der Waals surface area contributed by atoms with E-state index in [1.165, 1.54) is 0 Å². The number of amides is 4. The van der Waals surface area contributed by atoms with Gasteiger partial charge in [-0.1, -0.05) is 0 Å². The zero-order chi connectivity index (χ0) is 26.9. The van der Waals surface area contributed by atoms with Gasteiger partial charge in [0.15, 0.2) is 0 Å². The van der Waals surface area contributed by atoms with Crippen LogP contribution in [0.5, 0.6) is 0 Å². The lowest BCUT2D eigenvalue weighted by Crippen LogP contribution is -2.44. The number of likely N-dealkylation sites (tertiary alicyclic amines) is 2. The molecule has 0 radical (unpaired) electrons. The highest BCUT2D eigenvalue weighted by atomic mass is 16.4.